The van der Waals surface area contributed by atoms with Crippen molar-refractivity contribution in [1.82, 2.24) is 4.90 Å². The van der Waals surface area contributed by atoms with E-state index >= 15 is 0 Å². The molecule has 0 bridgehead atoms. The molecule has 1 rings (SSSR count). The molecule has 0 aliphatic carbocycles. The Hall–Kier alpha value is -0.240. The number of rotatable bonds is 11. The van der Waals surface area contributed by atoms with Gasteiger partial charge in [0.2, 0.25) is 0 Å². The highest BCUT2D eigenvalue weighted by Crippen LogP contribution is 2.06. The average Bonchev–Trinajstić information content (AvgIpc) is 2.41. The molecule has 0 amide bonds. The van der Waals surface area contributed by atoms with E-state index in [4.69, 9.17) is 24.1 Å². The van der Waals surface area contributed by atoms with Crippen LogP contribution in [0.4, 0.5) is 0 Å². The third kappa shape index (κ3) is 9.32. The van der Waals surface area contributed by atoms with Crippen LogP contribution in [0.3, 0.4) is 0 Å². The van der Waals surface area contributed by atoms with Gasteiger partial charge in [-0.15, -0.1) is 0 Å². The van der Waals surface area contributed by atoms with Crippen LogP contribution < -0.4 is 0 Å². The Bertz CT molecular complexity index is 205. The Balaban J connectivity index is 1.78. The molecule has 1 aliphatic heterocycles. The normalized spacial score (nSPS) is 20.8. The second-order valence-electron chi connectivity index (χ2n) is 4.60. The van der Waals surface area contributed by atoms with Gasteiger partial charge in [0.15, 0.2) is 0 Å². The molecule has 0 aromatic carbocycles. The summed E-state index contributed by atoms with van der Waals surface area (Å²) in [6.07, 6.45) is 1.23. The van der Waals surface area contributed by atoms with Crippen molar-refractivity contribution < 1.29 is 24.1 Å². The van der Waals surface area contributed by atoms with Crippen molar-refractivity contribution in [1.29, 1.82) is 0 Å². The molecule has 6 nitrogen and oxygen atoms in total. The first-order chi connectivity index (χ1) is 9.33. The third-order valence-electron chi connectivity index (χ3n) is 2.91. The van der Waals surface area contributed by atoms with E-state index in [1.807, 2.05) is 0 Å². The maximum absolute atomic E-state index is 8.49. The Labute approximate surface area is 115 Å². The summed E-state index contributed by atoms with van der Waals surface area (Å²) in [5, 5.41) is 8.49. The molecule has 1 saturated heterocycles. The fourth-order valence-corrected chi connectivity index (χ4v) is 1.86. The summed E-state index contributed by atoms with van der Waals surface area (Å²) in [5.74, 6) is 0. The molecular formula is C13H27NO5. The molecular weight excluding hydrogens is 250 g/mol. The molecule has 1 N–H and O–H groups in total. The predicted octanol–water partition coefficient (Wildman–Crippen LogP) is -0.251. The number of ether oxygens (including phenoxy) is 4. The summed E-state index contributed by atoms with van der Waals surface area (Å²) in [5.41, 5.74) is 0. The van der Waals surface area contributed by atoms with E-state index in [2.05, 4.69) is 11.9 Å². The zero-order valence-electron chi connectivity index (χ0n) is 11.9. The third-order valence-corrected chi connectivity index (χ3v) is 2.91. The van der Waals surface area contributed by atoms with E-state index in [-0.39, 0.29) is 6.61 Å². The van der Waals surface area contributed by atoms with Crippen LogP contribution in [0.1, 0.15) is 6.42 Å². The summed E-state index contributed by atoms with van der Waals surface area (Å²) >= 11 is 0. The smallest absolute Gasteiger partial charge is 0.0724 e. The summed E-state index contributed by atoms with van der Waals surface area (Å²) in [6.45, 7) is 6.20. The van der Waals surface area contributed by atoms with Crippen molar-refractivity contribution >= 4 is 0 Å². The van der Waals surface area contributed by atoms with Crippen molar-refractivity contribution in [3.63, 3.8) is 0 Å². The highest BCUT2D eigenvalue weighted by molar-refractivity contribution is 4.68. The van der Waals surface area contributed by atoms with Gasteiger partial charge < -0.3 is 29.0 Å². The number of likely N-dealkylation sites (N-methyl/N-ethyl adjacent to an activating group) is 1. The standard InChI is InChI=1S/C13H27NO5/c1-14-3-6-19-13(12-14)2-5-16-8-10-18-11-9-17-7-4-15/h13,15H,2-12H2,1H3. The van der Waals surface area contributed by atoms with E-state index in [1.165, 1.54) is 0 Å². The summed E-state index contributed by atoms with van der Waals surface area (Å²) in [6, 6.07) is 0. The number of hydrogen-bond donors (Lipinski definition) is 1. The first kappa shape index (κ1) is 16.8. The minimum absolute atomic E-state index is 0.0571. The Morgan fingerprint density at radius 2 is 1.68 bits per heavy atom. The molecule has 1 unspecified atom stereocenters. The summed E-state index contributed by atoms with van der Waals surface area (Å²) in [4.78, 5) is 2.28. The fourth-order valence-electron chi connectivity index (χ4n) is 1.86. The highest BCUT2D eigenvalue weighted by Gasteiger charge is 2.16. The van der Waals surface area contributed by atoms with Crippen LogP contribution in [0.25, 0.3) is 0 Å². The second-order valence-corrected chi connectivity index (χ2v) is 4.60. The van der Waals surface area contributed by atoms with Crippen molar-refractivity contribution in [2.75, 3.05) is 73.0 Å². The lowest BCUT2D eigenvalue weighted by Gasteiger charge is -2.29. The van der Waals surface area contributed by atoms with Gasteiger partial charge in [0, 0.05) is 19.7 Å². The predicted molar refractivity (Wildman–Crippen MR) is 71.4 cm³/mol. The maximum atomic E-state index is 8.49. The fraction of sp³-hybridized carbons (Fsp3) is 1.00. The zero-order valence-corrected chi connectivity index (χ0v) is 11.9. The average molecular weight is 277 g/mol. The molecule has 0 aromatic rings. The molecule has 114 valence electrons. The Morgan fingerprint density at radius 3 is 2.32 bits per heavy atom. The van der Waals surface area contributed by atoms with Crippen LogP contribution in [-0.4, -0.2) is 89.1 Å². The van der Waals surface area contributed by atoms with Crippen molar-refractivity contribution in [2.45, 2.75) is 12.5 Å². The quantitative estimate of drug-likeness (QED) is 0.526. The van der Waals surface area contributed by atoms with Crippen LogP contribution in [0.15, 0.2) is 0 Å². The monoisotopic (exact) mass is 277 g/mol. The van der Waals surface area contributed by atoms with E-state index < -0.39 is 0 Å². The number of aliphatic hydroxyl groups excluding tert-OH is 1. The van der Waals surface area contributed by atoms with E-state index in [0.29, 0.717) is 45.7 Å². The van der Waals surface area contributed by atoms with Gasteiger partial charge in [-0.3, -0.25) is 0 Å². The van der Waals surface area contributed by atoms with Crippen molar-refractivity contribution in [3.05, 3.63) is 0 Å². The van der Waals surface area contributed by atoms with Crippen molar-refractivity contribution in [2.24, 2.45) is 0 Å². The highest BCUT2D eigenvalue weighted by atomic mass is 16.5. The van der Waals surface area contributed by atoms with Crippen LogP contribution in [-0.2, 0) is 18.9 Å². The van der Waals surface area contributed by atoms with Crippen LogP contribution >= 0.6 is 0 Å². The molecule has 0 spiro atoms. The molecule has 0 radical (unpaired) electrons. The van der Waals surface area contributed by atoms with E-state index in [0.717, 1.165) is 26.1 Å². The van der Waals surface area contributed by atoms with Gasteiger partial charge in [-0.2, -0.15) is 0 Å². The molecule has 6 heteroatoms. The molecule has 1 fully saturated rings. The Morgan fingerprint density at radius 1 is 1.05 bits per heavy atom. The summed E-state index contributed by atoms with van der Waals surface area (Å²) < 4.78 is 21.5. The topological polar surface area (TPSA) is 60.4 Å². The number of morpholine rings is 1. The molecule has 1 heterocycles. The number of hydrogen-bond acceptors (Lipinski definition) is 6. The Kier molecular flexibility index (Phi) is 10.2. The first-order valence-electron chi connectivity index (χ1n) is 6.97. The van der Waals surface area contributed by atoms with E-state index in [1.54, 1.807) is 0 Å². The summed E-state index contributed by atoms with van der Waals surface area (Å²) in [7, 11) is 2.11. The minimum atomic E-state index is 0.0571. The van der Waals surface area contributed by atoms with Gasteiger partial charge in [-0.05, 0) is 13.5 Å². The number of aliphatic hydroxyl groups is 1. The van der Waals surface area contributed by atoms with Gasteiger partial charge in [-0.1, -0.05) is 0 Å². The second kappa shape index (κ2) is 11.6. The largest absolute Gasteiger partial charge is 0.394 e. The number of nitrogens with zero attached hydrogens (tertiary/aromatic N) is 1. The van der Waals surface area contributed by atoms with E-state index in [9.17, 15) is 0 Å². The molecule has 1 aliphatic rings. The van der Waals surface area contributed by atoms with Gasteiger partial charge >= 0.3 is 0 Å². The molecule has 19 heavy (non-hydrogen) atoms. The van der Waals surface area contributed by atoms with Crippen molar-refractivity contribution in [3.8, 4) is 0 Å². The molecule has 1 atom stereocenters. The first-order valence-corrected chi connectivity index (χ1v) is 6.97. The molecule has 0 saturated carbocycles. The van der Waals surface area contributed by atoms with Gasteiger partial charge in [0.1, 0.15) is 0 Å². The lowest BCUT2D eigenvalue weighted by Crippen LogP contribution is -2.40. The van der Waals surface area contributed by atoms with Crippen LogP contribution in [0, 0.1) is 0 Å². The van der Waals surface area contributed by atoms with Gasteiger partial charge in [0.25, 0.3) is 0 Å². The van der Waals surface area contributed by atoms with Crippen LogP contribution in [0.2, 0.25) is 0 Å². The zero-order chi connectivity index (χ0) is 13.8. The molecule has 0 aromatic heterocycles. The maximum Gasteiger partial charge on any atom is 0.0724 e. The van der Waals surface area contributed by atoms with Gasteiger partial charge in [-0.25, -0.2) is 0 Å². The van der Waals surface area contributed by atoms with Crippen LogP contribution in [0.5, 0.6) is 0 Å². The minimum Gasteiger partial charge on any atom is -0.394 e. The lowest BCUT2D eigenvalue weighted by atomic mass is 10.2. The SMILES string of the molecule is CN1CCOC(CCOCCOCCOCCO)C1. The lowest BCUT2D eigenvalue weighted by molar-refractivity contribution is -0.0416. The van der Waals surface area contributed by atoms with Gasteiger partial charge in [0.05, 0.1) is 52.4 Å².